The molecule has 2 heterocycles. The van der Waals surface area contributed by atoms with E-state index in [9.17, 15) is 32.4 Å². The van der Waals surface area contributed by atoms with E-state index in [1.54, 1.807) is 66.9 Å². The first-order chi connectivity index (χ1) is 29.1. The Balaban J connectivity index is 1.33. The SMILES string of the molecule is C=CC1CC1(NC(=O)[C@@H]1C[C@@H](Oc2cc(-c3ccccc3)nc3cc(OC)ccc23)CN1C(=O)[C@@H](NC(=O)OC(C)(C)C)C(C)(C)C)C(=O)NS(=O)(=O)C1(C(=O)NCCC)CC1. The first-order valence-electron chi connectivity index (χ1n) is 20.9. The smallest absolute Gasteiger partial charge is 0.408 e. The van der Waals surface area contributed by atoms with Crippen molar-refractivity contribution >= 4 is 50.6 Å². The van der Waals surface area contributed by atoms with Crippen LogP contribution in [0, 0.1) is 11.3 Å². The van der Waals surface area contributed by atoms with E-state index in [4.69, 9.17) is 19.2 Å². The van der Waals surface area contributed by atoms with Crippen LogP contribution in [0.15, 0.2) is 67.3 Å². The molecule has 16 nitrogen and oxygen atoms in total. The van der Waals surface area contributed by atoms with Gasteiger partial charge in [-0.15, -0.1) is 6.58 Å². The van der Waals surface area contributed by atoms with Gasteiger partial charge < -0.3 is 35.1 Å². The molecule has 0 bridgehead atoms. The van der Waals surface area contributed by atoms with Crippen LogP contribution in [0.1, 0.15) is 80.6 Å². The van der Waals surface area contributed by atoms with Crippen LogP contribution < -0.4 is 30.1 Å². The minimum atomic E-state index is -4.52. The number of methoxy groups -OCH3 is 1. The maximum absolute atomic E-state index is 14.8. The number of hydrogen-bond acceptors (Lipinski definition) is 11. The van der Waals surface area contributed by atoms with Gasteiger partial charge in [-0.25, -0.2) is 18.2 Å². The van der Waals surface area contributed by atoms with E-state index in [0.717, 1.165) is 5.56 Å². The molecule has 0 spiro atoms. The molecule has 17 heteroatoms. The zero-order valence-corrected chi connectivity index (χ0v) is 37.4. The summed E-state index contributed by atoms with van der Waals surface area (Å²) in [4.78, 5) is 75.8. The number of sulfonamides is 1. The second-order valence-electron chi connectivity index (χ2n) is 18.4. The summed E-state index contributed by atoms with van der Waals surface area (Å²) in [5.74, 6) is -2.70. The molecule has 3 fully saturated rings. The molecule has 1 saturated heterocycles. The normalized spacial score (nSPS) is 22.1. The molecule has 5 amide bonds. The maximum atomic E-state index is 14.8. The predicted octanol–water partition coefficient (Wildman–Crippen LogP) is 4.76. The number of rotatable bonds is 15. The molecule has 6 rings (SSSR count). The van der Waals surface area contributed by atoms with Crippen LogP contribution in [0.2, 0.25) is 0 Å². The van der Waals surface area contributed by atoms with Crippen molar-refractivity contribution in [2.45, 2.75) is 115 Å². The number of aromatic nitrogens is 1. The Morgan fingerprint density at radius 1 is 1.00 bits per heavy atom. The van der Waals surface area contributed by atoms with Crippen LogP contribution in [0.4, 0.5) is 4.79 Å². The average Bonchev–Trinajstić information content (AvgIpc) is 4.12. The number of ether oxygens (including phenoxy) is 3. The van der Waals surface area contributed by atoms with Crippen molar-refractivity contribution in [1.29, 1.82) is 0 Å². The summed E-state index contributed by atoms with van der Waals surface area (Å²) in [5.41, 5.74) is -1.46. The van der Waals surface area contributed by atoms with Crippen molar-refractivity contribution < 1.29 is 46.6 Å². The second kappa shape index (κ2) is 17.2. The van der Waals surface area contributed by atoms with E-state index in [1.165, 1.54) is 11.0 Å². The lowest BCUT2D eigenvalue weighted by molar-refractivity contribution is -0.143. The average molecular weight is 875 g/mol. The number of carbonyl (C=O) groups is 5. The largest absolute Gasteiger partial charge is 0.497 e. The lowest BCUT2D eigenvalue weighted by Gasteiger charge is -2.36. The van der Waals surface area contributed by atoms with E-state index in [2.05, 4.69) is 27.3 Å². The summed E-state index contributed by atoms with van der Waals surface area (Å²) in [6.45, 7) is 16.2. The molecule has 2 aliphatic carbocycles. The number of nitrogens with zero attached hydrogens (tertiary/aromatic N) is 2. The van der Waals surface area contributed by atoms with Crippen LogP contribution in [-0.2, 0) is 33.9 Å². The van der Waals surface area contributed by atoms with Crippen molar-refractivity contribution in [3.63, 3.8) is 0 Å². The maximum Gasteiger partial charge on any atom is 0.408 e. The molecule has 1 aromatic heterocycles. The van der Waals surface area contributed by atoms with Crippen molar-refractivity contribution in [1.82, 2.24) is 30.6 Å². The highest BCUT2D eigenvalue weighted by Gasteiger charge is 2.66. The summed E-state index contributed by atoms with van der Waals surface area (Å²) in [6.07, 6.45) is 0.481. The Hall–Kier alpha value is -5.71. The highest BCUT2D eigenvalue weighted by molar-refractivity contribution is 7.92. The van der Waals surface area contributed by atoms with E-state index >= 15 is 0 Å². The van der Waals surface area contributed by atoms with Gasteiger partial charge in [0.05, 0.1) is 24.9 Å². The zero-order valence-electron chi connectivity index (χ0n) is 36.6. The summed E-state index contributed by atoms with van der Waals surface area (Å²) in [5, 5.41) is 8.77. The van der Waals surface area contributed by atoms with E-state index in [0.29, 0.717) is 34.5 Å². The number of amides is 5. The molecular formula is C45H58N6O10S. The van der Waals surface area contributed by atoms with Crippen molar-refractivity contribution in [3.8, 4) is 22.8 Å². The Kier molecular flexibility index (Phi) is 12.7. The Morgan fingerprint density at radius 3 is 2.27 bits per heavy atom. The predicted molar refractivity (Wildman–Crippen MR) is 232 cm³/mol. The lowest BCUT2D eigenvalue weighted by Crippen LogP contribution is -2.61. The monoisotopic (exact) mass is 874 g/mol. The van der Waals surface area contributed by atoms with Gasteiger partial charge in [0.2, 0.25) is 27.7 Å². The minimum absolute atomic E-state index is 0.0266. The number of carbonyl (C=O) groups excluding carboxylic acids is 5. The summed E-state index contributed by atoms with van der Waals surface area (Å²) < 4.78 is 45.3. The third-order valence-corrected chi connectivity index (χ3v) is 13.5. The van der Waals surface area contributed by atoms with Crippen LogP contribution in [0.25, 0.3) is 22.2 Å². The number of likely N-dealkylation sites (tertiary alicyclic amines) is 1. The number of hydrogen-bond donors (Lipinski definition) is 4. The molecule has 4 N–H and O–H groups in total. The summed E-state index contributed by atoms with van der Waals surface area (Å²) in [7, 11) is -2.96. The summed E-state index contributed by atoms with van der Waals surface area (Å²) >= 11 is 0. The molecule has 2 unspecified atom stereocenters. The first kappa shape index (κ1) is 45.8. The summed E-state index contributed by atoms with van der Waals surface area (Å²) in [6, 6.07) is 14.2. The van der Waals surface area contributed by atoms with Crippen molar-refractivity contribution in [2.75, 3.05) is 20.2 Å². The number of alkyl carbamates (subject to hydrolysis) is 1. The number of benzene rings is 2. The standard InChI is InChI=1S/C45H58N6O10S/c1-10-21-46-39(54)44(19-20-44)62(57,58)50-40(55)45(25-28(45)11-2)49-37(52)34-23-30(26-51(34)38(53)36(42(3,4)5)48-41(56)61-43(6,7)8)60-35-24-32(27-15-13-12-14-16-27)47-33-22-29(59-9)17-18-31(33)35/h11-18,22,24,28,30,34,36H,2,10,19-21,23,25-26H2,1,3-9H3,(H,46,54)(H,48,56)(H,49,52)(H,50,55)/t28?,30-,34+,36-,45?/m1/s1. The van der Waals surface area contributed by atoms with Crippen molar-refractivity contribution in [3.05, 3.63) is 67.3 Å². The molecule has 0 radical (unpaired) electrons. The molecule has 3 aliphatic rings. The van der Waals surface area contributed by atoms with Crippen LogP contribution in [0.5, 0.6) is 11.5 Å². The van der Waals surface area contributed by atoms with Gasteiger partial charge in [0.15, 0.2) is 4.75 Å². The molecule has 334 valence electrons. The van der Waals surface area contributed by atoms with Gasteiger partial charge in [-0.05, 0) is 64.0 Å². The fourth-order valence-electron chi connectivity index (χ4n) is 7.73. The lowest BCUT2D eigenvalue weighted by atomic mass is 9.85. The third-order valence-electron chi connectivity index (χ3n) is 11.4. The topological polar surface area (TPSA) is 211 Å². The highest BCUT2D eigenvalue weighted by Crippen LogP contribution is 2.47. The quantitative estimate of drug-likeness (QED) is 0.153. The highest BCUT2D eigenvalue weighted by atomic mass is 32.2. The van der Waals surface area contributed by atoms with Crippen LogP contribution in [-0.4, -0.2) is 102 Å². The number of nitrogens with one attached hydrogen (secondary N) is 4. The van der Waals surface area contributed by atoms with Crippen molar-refractivity contribution in [2.24, 2.45) is 11.3 Å². The Bertz CT molecular complexity index is 2360. The Labute approximate surface area is 362 Å². The molecular weight excluding hydrogens is 817 g/mol. The second-order valence-corrected chi connectivity index (χ2v) is 20.4. The van der Waals surface area contributed by atoms with E-state index in [1.807, 2.05) is 43.3 Å². The van der Waals surface area contributed by atoms with Gasteiger partial charge in [0.1, 0.15) is 40.8 Å². The fraction of sp³-hybridized carbons (Fsp3) is 0.511. The molecule has 5 atom stereocenters. The zero-order chi connectivity index (χ0) is 45.4. The molecule has 2 saturated carbocycles. The van der Waals surface area contributed by atoms with E-state index < -0.39 is 85.2 Å². The number of fused-ring (bicyclic) bond motifs is 1. The number of pyridine rings is 1. The van der Waals surface area contributed by atoms with Gasteiger partial charge in [-0.3, -0.25) is 23.9 Å². The van der Waals surface area contributed by atoms with Crippen LogP contribution >= 0.6 is 0 Å². The minimum Gasteiger partial charge on any atom is -0.497 e. The van der Waals surface area contributed by atoms with Gasteiger partial charge in [-0.2, -0.15) is 0 Å². The third kappa shape index (κ3) is 9.52. The first-order valence-corrected chi connectivity index (χ1v) is 22.4. The molecule has 3 aromatic rings. The van der Waals surface area contributed by atoms with Crippen LogP contribution in [0.3, 0.4) is 0 Å². The van der Waals surface area contributed by atoms with Gasteiger partial charge in [0.25, 0.3) is 5.91 Å². The van der Waals surface area contributed by atoms with Gasteiger partial charge >= 0.3 is 6.09 Å². The fourth-order valence-corrected chi connectivity index (χ4v) is 9.31. The Morgan fingerprint density at radius 2 is 1.69 bits per heavy atom. The van der Waals surface area contributed by atoms with E-state index in [-0.39, 0.29) is 38.8 Å². The van der Waals surface area contributed by atoms with Gasteiger partial charge in [-0.1, -0.05) is 64.1 Å². The molecule has 2 aromatic carbocycles. The molecule has 1 aliphatic heterocycles. The van der Waals surface area contributed by atoms with Gasteiger partial charge in [0, 0.05) is 42.0 Å². The molecule has 62 heavy (non-hydrogen) atoms.